The van der Waals surface area contributed by atoms with Crippen molar-refractivity contribution in [3.8, 4) is 0 Å². The third-order valence-corrected chi connectivity index (χ3v) is 6.12. The number of aryl methyl sites for hydroxylation is 1. The second-order valence-corrected chi connectivity index (χ2v) is 7.89. The Labute approximate surface area is 152 Å². The van der Waals surface area contributed by atoms with Gasteiger partial charge in [-0.1, -0.05) is 24.3 Å². The van der Waals surface area contributed by atoms with Gasteiger partial charge in [0.15, 0.2) is 0 Å². The Morgan fingerprint density at radius 1 is 1.28 bits per heavy atom. The first kappa shape index (κ1) is 16.8. The van der Waals surface area contributed by atoms with Gasteiger partial charge in [-0.2, -0.15) is 0 Å². The van der Waals surface area contributed by atoms with Crippen LogP contribution in [0, 0.1) is 6.92 Å². The van der Waals surface area contributed by atoms with Crippen LogP contribution in [0.25, 0.3) is 0 Å². The maximum atomic E-state index is 12.6. The van der Waals surface area contributed by atoms with Crippen LogP contribution in [0.4, 0.5) is 0 Å². The highest BCUT2D eigenvalue weighted by molar-refractivity contribution is 7.14. The Morgan fingerprint density at radius 2 is 2.12 bits per heavy atom. The standard InChI is InChI=1S/C20H23NO3S/c1-14-5-2-3-6-15(14)13-24-16-11-21(12-16)20(22)19-9-8-18(25-19)17-7-4-10-23-17/h2-3,5-6,8-9,16-17H,4,7,10-13H2,1H3. The fourth-order valence-electron chi connectivity index (χ4n) is 3.29. The fraction of sp³-hybridized carbons (Fsp3) is 0.450. The van der Waals surface area contributed by atoms with Crippen molar-refractivity contribution in [2.24, 2.45) is 0 Å². The molecule has 1 atom stereocenters. The van der Waals surface area contributed by atoms with Gasteiger partial charge in [-0.15, -0.1) is 11.3 Å². The number of benzene rings is 1. The van der Waals surface area contributed by atoms with Gasteiger partial charge < -0.3 is 14.4 Å². The van der Waals surface area contributed by atoms with Gasteiger partial charge in [0.2, 0.25) is 0 Å². The van der Waals surface area contributed by atoms with E-state index in [-0.39, 0.29) is 18.1 Å². The zero-order chi connectivity index (χ0) is 17.2. The molecule has 1 aromatic heterocycles. The zero-order valence-electron chi connectivity index (χ0n) is 14.4. The van der Waals surface area contributed by atoms with E-state index in [0.717, 1.165) is 24.3 Å². The Hall–Kier alpha value is -1.69. The molecule has 0 aliphatic carbocycles. The lowest BCUT2D eigenvalue weighted by molar-refractivity contribution is -0.0502. The summed E-state index contributed by atoms with van der Waals surface area (Å²) in [7, 11) is 0. The van der Waals surface area contributed by atoms with Crippen LogP contribution in [0.15, 0.2) is 36.4 Å². The van der Waals surface area contributed by atoms with E-state index >= 15 is 0 Å². The van der Waals surface area contributed by atoms with Crippen molar-refractivity contribution in [2.45, 2.75) is 38.6 Å². The molecule has 1 amide bonds. The lowest BCUT2D eigenvalue weighted by Gasteiger charge is -2.38. The molecule has 0 spiro atoms. The number of hydrogen-bond donors (Lipinski definition) is 0. The van der Waals surface area contributed by atoms with Gasteiger partial charge in [0.1, 0.15) is 0 Å². The molecule has 0 bridgehead atoms. The summed E-state index contributed by atoms with van der Waals surface area (Å²) in [4.78, 5) is 16.4. The maximum absolute atomic E-state index is 12.6. The van der Waals surface area contributed by atoms with Crippen LogP contribution in [0.5, 0.6) is 0 Å². The van der Waals surface area contributed by atoms with Crippen molar-refractivity contribution >= 4 is 17.2 Å². The van der Waals surface area contributed by atoms with Crippen LogP contribution < -0.4 is 0 Å². The van der Waals surface area contributed by atoms with Gasteiger partial charge in [-0.05, 0) is 43.0 Å². The van der Waals surface area contributed by atoms with Gasteiger partial charge in [0.25, 0.3) is 5.91 Å². The predicted octanol–water partition coefficient (Wildman–Crippen LogP) is 3.95. The Kier molecular flexibility index (Phi) is 4.88. The van der Waals surface area contributed by atoms with Crippen molar-refractivity contribution in [2.75, 3.05) is 19.7 Å². The summed E-state index contributed by atoms with van der Waals surface area (Å²) < 4.78 is 11.6. The molecule has 4 rings (SSSR count). The first-order chi connectivity index (χ1) is 12.2. The number of carbonyl (C=O) groups is 1. The number of thiophene rings is 1. The van der Waals surface area contributed by atoms with Crippen molar-refractivity contribution in [3.63, 3.8) is 0 Å². The molecule has 5 heteroatoms. The highest BCUT2D eigenvalue weighted by atomic mass is 32.1. The van der Waals surface area contributed by atoms with Gasteiger partial charge in [0.05, 0.1) is 23.7 Å². The summed E-state index contributed by atoms with van der Waals surface area (Å²) in [6.07, 6.45) is 2.50. The number of hydrogen-bond acceptors (Lipinski definition) is 4. The van der Waals surface area contributed by atoms with E-state index < -0.39 is 0 Å². The topological polar surface area (TPSA) is 38.8 Å². The van der Waals surface area contributed by atoms with E-state index in [9.17, 15) is 4.79 Å². The third-order valence-electron chi connectivity index (χ3n) is 4.96. The van der Waals surface area contributed by atoms with Crippen molar-refractivity contribution in [3.05, 3.63) is 57.3 Å². The molecular formula is C20H23NO3S. The monoisotopic (exact) mass is 357 g/mol. The molecule has 2 aromatic rings. The highest BCUT2D eigenvalue weighted by Gasteiger charge is 2.33. The van der Waals surface area contributed by atoms with Gasteiger partial charge in [0, 0.05) is 24.6 Å². The summed E-state index contributed by atoms with van der Waals surface area (Å²) in [6, 6.07) is 12.2. The Balaban J connectivity index is 1.27. The van der Waals surface area contributed by atoms with Gasteiger partial charge in [-0.3, -0.25) is 4.79 Å². The number of nitrogens with zero attached hydrogens (tertiary/aromatic N) is 1. The minimum Gasteiger partial charge on any atom is -0.373 e. The molecular weight excluding hydrogens is 334 g/mol. The minimum atomic E-state index is 0.116. The Morgan fingerprint density at radius 3 is 2.88 bits per heavy atom. The lowest BCUT2D eigenvalue weighted by atomic mass is 10.1. The summed E-state index contributed by atoms with van der Waals surface area (Å²) in [5.74, 6) is 0.116. The minimum absolute atomic E-state index is 0.116. The van der Waals surface area contributed by atoms with E-state index in [2.05, 4.69) is 19.1 Å². The smallest absolute Gasteiger partial charge is 0.264 e. The highest BCUT2D eigenvalue weighted by Crippen LogP contribution is 2.34. The molecule has 132 valence electrons. The van der Waals surface area contributed by atoms with Crippen LogP contribution in [-0.2, 0) is 16.1 Å². The second-order valence-electron chi connectivity index (χ2n) is 6.77. The quantitative estimate of drug-likeness (QED) is 0.813. The number of likely N-dealkylation sites (tertiary alicyclic amines) is 1. The lowest BCUT2D eigenvalue weighted by Crippen LogP contribution is -2.54. The van der Waals surface area contributed by atoms with Crippen molar-refractivity contribution in [1.29, 1.82) is 0 Å². The van der Waals surface area contributed by atoms with E-state index in [4.69, 9.17) is 9.47 Å². The second kappa shape index (κ2) is 7.28. The molecule has 0 saturated carbocycles. The molecule has 2 aliphatic rings. The fourth-order valence-corrected chi connectivity index (χ4v) is 4.35. The van der Waals surface area contributed by atoms with Crippen LogP contribution in [0.1, 0.15) is 44.6 Å². The van der Waals surface area contributed by atoms with Gasteiger partial charge in [-0.25, -0.2) is 0 Å². The first-order valence-electron chi connectivity index (χ1n) is 8.87. The van der Waals surface area contributed by atoms with Crippen molar-refractivity contribution in [1.82, 2.24) is 4.90 Å². The summed E-state index contributed by atoms with van der Waals surface area (Å²) in [6.45, 7) is 4.90. The van der Waals surface area contributed by atoms with E-state index in [1.807, 2.05) is 29.2 Å². The molecule has 4 nitrogen and oxygen atoms in total. The normalized spacial score (nSPS) is 20.7. The van der Waals surface area contributed by atoms with Crippen LogP contribution in [-0.4, -0.2) is 36.6 Å². The summed E-state index contributed by atoms with van der Waals surface area (Å²) in [5.41, 5.74) is 2.46. The average Bonchev–Trinajstić information content (AvgIpc) is 3.26. The number of carbonyl (C=O) groups excluding carboxylic acids is 1. The number of ether oxygens (including phenoxy) is 2. The summed E-state index contributed by atoms with van der Waals surface area (Å²) in [5, 5.41) is 0. The van der Waals surface area contributed by atoms with Crippen LogP contribution in [0.3, 0.4) is 0 Å². The largest absolute Gasteiger partial charge is 0.373 e. The molecule has 1 unspecified atom stereocenters. The average molecular weight is 357 g/mol. The zero-order valence-corrected chi connectivity index (χ0v) is 15.3. The van der Waals surface area contributed by atoms with Crippen LogP contribution in [0.2, 0.25) is 0 Å². The maximum Gasteiger partial charge on any atom is 0.264 e. The molecule has 25 heavy (non-hydrogen) atoms. The number of amides is 1. The molecule has 2 saturated heterocycles. The molecule has 0 N–H and O–H groups in total. The SMILES string of the molecule is Cc1ccccc1COC1CN(C(=O)c2ccc(C3CCCO3)s2)C1. The van der Waals surface area contributed by atoms with E-state index in [1.165, 1.54) is 16.0 Å². The van der Waals surface area contributed by atoms with Crippen LogP contribution >= 0.6 is 11.3 Å². The third kappa shape index (κ3) is 3.64. The van der Waals surface area contributed by atoms with Gasteiger partial charge >= 0.3 is 0 Å². The molecule has 1 aromatic carbocycles. The molecule has 2 fully saturated rings. The van der Waals surface area contributed by atoms with Crippen molar-refractivity contribution < 1.29 is 14.3 Å². The van der Waals surface area contributed by atoms with E-state index in [1.54, 1.807) is 11.3 Å². The molecule has 3 heterocycles. The molecule has 2 aliphatic heterocycles. The summed E-state index contributed by atoms with van der Waals surface area (Å²) >= 11 is 1.57. The first-order valence-corrected chi connectivity index (χ1v) is 9.69. The number of rotatable bonds is 5. The van der Waals surface area contributed by atoms with E-state index in [0.29, 0.717) is 19.7 Å². The predicted molar refractivity (Wildman–Crippen MR) is 97.9 cm³/mol. The molecule has 0 radical (unpaired) electrons. The Bertz CT molecular complexity index is 745.